The molecule has 0 bridgehead atoms. The molecule has 0 radical (unpaired) electrons. The molecular weight excluding hydrogens is 308 g/mol. The minimum Gasteiger partial charge on any atom is -0.357 e. The summed E-state index contributed by atoms with van der Waals surface area (Å²) in [5, 5.41) is 6.09. The van der Waals surface area contributed by atoms with Gasteiger partial charge in [-0.05, 0) is 12.1 Å². The molecule has 8 nitrogen and oxygen atoms in total. The van der Waals surface area contributed by atoms with Gasteiger partial charge in [0.1, 0.15) is 5.65 Å². The van der Waals surface area contributed by atoms with E-state index < -0.39 is 6.03 Å². The zero-order chi connectivity index (χ0) is 17.3. The van der Waals surface area contributed by atoms with E-state index in [0.717, 1.165) is 0 Å². The van der Waals surface area contributed by atoms with E-state index in [0.29, 0.717) is 33.8 Å². The van der Waals surface area contributed by atoms with Crippen molar-refractivity contribution < 1.29 is 4.79 Å². The molecule has 24 heavy (non-hydrogen) atoms. The predicted molar refractivity (Wildman–Crippen MR) is 93.0 cm³/mol. The van der Waals surface area contributed by atoms with E-state index in [4.69, 9.17) is 5.73 Å². The molecule has 3 aromatic rings. The van der Waals surface area contributed by atoms with Gasteiger partial charge in [0.15, 0.2) is 0 Å². The van der Waals surface area contributed by atoms with E-state index in [1.54, 1.807) is 50.6 Å². The number of pyridine rings is 1. The fourth-order valence-electron chi connectivity index (χ4n) is 2.52. The third-order valence-corrected chi connectivity index (χ3v) is 3.65. The van der Waals surface area contributed by atoms with Gasteiger partial charge in [0.2, 0.25) is 5.95 Å². The third-order valence-electron chi connectivity index (χ3n) is 3.65. The Morgan fingerprint density at radius 2 is 2.00 bits per heavy atom. The van der Waals surface area contributed by atoms with E-state index in [1.807, 2.05) is 0 Å². The lowest BCUT2D eigenvalue weighted by Crippen LogP contribution is -2.22. The molecule has 4 N–H and O–H groups in total. The van der Waals surface area contributed by atoms with Gasteiger partial charge in [-0.2, -0.15) is 4.98 Å². The topological polar surface area (TPSA) is 115 Å². The normalized spacial score (nSPS) is 10.6. The van der Waals surface area contributed by atoms with Gasteiger partial charge >= 0.3 is 6.03 Å². The lowest BCUT2D eigenvalue weighted by molar-refractivity contribution is 0.259. The molecule has 122 valence electrons. The number of nitrogens with one attached hydrogen (secondary N) is 2. The number of anilines is 2. The Kier molecular flexibility index (Phi) is 3.87. The van der Waals surface area contributed by atoms with Gasteiger partial charge in [-0.25, -0.2) is 9.78 Å². The molecule has 0 saturated heterocycles. The Bertz CT molecular complexity index is 996. The minimum absolute atomic E-state index is 0.234. The molecule has 3 rings (SSSR count). The van der Waals surface area contributed by atoms with Crippen LogP contribution in [0.5, 0.6) is 0 Å². The van der Waals surface area contributed by atoms with Gasteiger partial charge in [0, 0.05) is 31.2 Å². The van der Waals surface area contributed by atoms with Crippen molar-refractivity contribution in [1.82, 2.24) is 14.5 Å². The van der Waals surface area contributed by atoms with Gasteiger partial charge < -0.3 is 16.4 Å². The second-order valence-corrected chi connectivity index (χ2v) is 5.18. The highest BCUT2D eigenvalue weighted by atomic mass is 16.2. The van der Waals surface area contributed by atoms with Crippen LogP contribution < -0.4 is 21.9 Å². The van der Waals surface area contributed by atoms with Crippen LogP contribution in [0.1, 0.15) is 0 Å². The predicted octanol–water partition coefficient (Wildman–Crippen LogP) is 1.53. The number of para-hydroxylation sites is 1. The van der Waals surface area contributed by atoms with E-state index in [-0.39, 0.29) is 5.56 Å². The Labute approximate surface area is 137 Å². The number of carbonyl (C=O) groups is 1. The quantitative estimate of drug-likeness (QED) is 0.676. The van der Waals surface area contributed by atoms with Crippen LogP contribution in [-0.2, 0) is 7.05 Å². The van der Waals surface area contributed by atoms with Crippen molar-refractivity contribution in [3.63, 3.8) is 0 Å². The lowest BCUT2D eigenvalue weighted by atomic mass is 10.0. The number of carbonyl (C=O) groups excluding carboxylic acids is 1. The second kappa shape index (κ2) is 5.99. The minimum atomic E-state index is -0.693. The largest absolute Gasteiger partial charge is 0.357 e. The summed E-state index contributed by atoms with van der Waals surface area (Å²) < 4.78 is 1.45. The number of benzene rings is 1. The first-order chi connectivity index (χ1) is 11.5. The summed E-state index contributed by atoms with van der Waals surface area (Å²) in [5.74, 6) is 0.432. The first-order valence-electron chi connectivity index (χ1n) is 7.21. The highest BCUT2D eigenvalue weighted by molar-refractivity contribution is 5.94. The highest BCUT2D eigenvalue weighted by Gasteiger charge is 2.14. The molecule has 0 aliphatic heterocycles. The molecule has 2 aromatic heterocycles. The van der Waals surface area contributed by atoms with Crippen LogP contribution in [0.15, 0.2) is 41.3 Å². The summed E-state index contributed by atoms with van der Waals surface area (Å²) in [4.78, 5) is 32.4. The number of hydrogen-bond donors (Lipinski definition) is 3. The molecule has 0 aliphatic rings. The summed E-state index contributed by atoms with van der Waals surface area (Å²) in [7, 11) is 3.35. The molecular formula is C16H16N6O2. The standard InChI is InChI=1S/C16H16N6O2/c1-18-16-19-8-9-7-11(14(23)22(2)13(9)21-16)10-5-3-4-6-12(10)20-15(17)24/h3-8H,1-2H3,(H3,17,20,24)(H,18,19,21). The maximum absolute atomic E-state index is 12.8. The summed E-state index contributed by atoms with van der Waals surface area (Å²) in [6.07, 6.45) is 1.64. The molecule has 0 spiro atoms. The maximum Gasteiger partial charge on any atom is 0.316 e. The average molecular weight is 324 g/mol. The zero-order valence-corrected chi connectivity index (χ0v) is 13.2. The van der Waals surface area contributed by atoms with E-state index in [2.05, 4.69) is 20.6 Å². The second-order valence-electron chi connectivity index (χ2n) is 5.18. The van der Waals surface area contributed by atoms with E-state index in [9.17, 15) is 9.59 Å². The fourth-order valence-corrected chi connectivity index (χ4v) is 2.52. The number of nitrogens with two attached hydrogens (primary N) is 1. The first-order valence-corrected chi connectivity index (χ1v) is 7.21. The number of amides is 2. The van der Waals surface area contributed by atoms with Crippen molar-refractivity contribution in [2.45, 2.75) is 0 Å². The molecule has 8 heteroatoms. The van der Waals surface area contributed by atoms with Gasteiger partial charge in [0.05, 0.1) is 11.3 Å². The van der Waals surface area contributed by atoms with Gasteiger partial charge in [-0.1, -0.05) is 18.2 Å². The average Bonchev–Trinajstić information content (AvgIpc) is 2.58. The van der Waals surface area contributed by atoms with Crippen molar-refractivity contribution in [2.75, 3.05) is 17.7 Å². The maximum atomic E-state index is 12.8. The van der Waals surface area contributed by atoms with Crippen molar-refractivity contribution in [1.29, 1.82) is 0 Å². The van der Waals surface area contributed by atoms with Gasteiger partial charge in [0.25, 0.3) is 5.56 Å². The smallest absolute Gasteiger partial charge is 0.316 e. The number of fused-ring (bicyclic) bond motifs is 1. The van der Waals surface area contributed by atoms with E-state index in [1.165, 1.54) is 4.57 Å². The number of aryl methyl sites for hydroxylation is 1. The number of nitrogens with zero attached hydrogens (tertiary/aromatic N) is 3. The molecule has 2 heterocycles. The van der Waals surface area contributed by atoms with Crippen molar-refractivity contribution in [2.24, 2.45) is 12.8 Å². The van der Waals surface area contributed by atoms with E-state index >= 15 is 0 Å². The van der Waals surface area contributed by atoms with Crippen molar-refractivity contribution >= 4 is 28.7 Å². The molecule has 1 aromatic carbocycles. The molecule has 0 unspecified atom stereocenters. The summed E-state index contributed by atoms with van der Waals surface area (Å²) >= 11 is 0. The monoisotopic (exact) mass is 324 g/mol. The van der Waals surface area contributed by atoms with Crippen LogP contribution in [0.25, 0.3) is 22.2 Å². The van der Waals surface area contributed by atoms with Crippen LogP contribution in [0.2, 0.25) is 0 Å². The summed E-state index contributed by atoms with van der Waals surface area (Å²) in [6, 6.07) is 7.98. The van der Waals surface area contributed by atoms with Crippen LogP contribution in [0, 0.1) is 0 Å². The Hall–Kier alpha value is -3.42. The summed E-state index contributed by atoms with van der Waals surface area (Å²) in [6.45, 7) is 0. The highest BCUT2D eigenvalue weighted by Crippen LogP contribution is 2.27. The Morgan fingerprint density at radius 1 is 1.25 bits per heavy atom. The third kappa shape index (κ3) is 2.65. The molecule has 0 saturated carbocycles. The SMILES string of the molecule is CNc1ncc2cc(-c3ccccc3NC(N)=O)c(=O)n(C)c2n1. The van der Waals surface area contributed by atoms with Crippen molar-refractivity contribution in [3.05, 3.63) is 46.9 Å². The van der Waals surface area contributed by atoms with Crippen LogP contribution >= 0.6 is 0 Å². The number of primary amides is 1. The van der Waals surface area contributed by atoms with Crippen LogP contribution in [0.3, 0.4) is 0 Å². The number of urea groups is 1. The Morgan fingerprint density at radius 3 is 2.71 bits per heavy atom. The van der Waals surface area contributed by atoms with Crippen LogP contribution in [-0.4, -0.2) is 27.6 Å². The fraction of sp³-hybridized carbons (Fsp3) is 0.125. The molecule has 0 aliphatic carbocycles. The zero-order valence-electron chi connectivity index (χ0n) is 13.2. The number of rotatable bonds is 3. The number of hydrogen-bond acceptors (Lipinski definition) is 5. The first kappa shape index (κ1) is 15.5. The molecule has 0 fully saturated rings. The molecule has 0 atom stereocenters. The lowest BCUT2D eigenvalue weighted by Gasteiger charge is -2.12. The number of aromatic nitrogens is 3. The molecule has 2 amide bonds. The van der Waals surface area contributed by atoms with Crippen molar-refractivity contribution in [3.8, 4) is 11.1 Å². The van der Waals surface area contributed by atoms with Gasteiger partial charge in [-0.15, -0.1) is 0 Å². The Balaban J connectivity index is 2.27. The summed E-state index contributed by atoms with van der Waals surface area (Å²) in [5.41, 5.74) is 6.96. The van der Waals surface area contributed by atoms with Gasteiger partial charge in [-0.3, -0.25) is 9.36 Å². The van der Waals surface area contributed by atoms with Crippen LogP contribution in [0.4, 0.5) is 16.4 Å².